The third-order valence-corrected chi connectivity index (χ3v) is 5.53. The van der Waals surface area contributed by atoms with Gasteiger partial charge in [-0.15, -0.1) is 0 Å². The maximum Gasteiger partial charge on any atom is 0.228 e. The average Bonchev–Trinajstić information content (AvgIpc) is 2.59. The van der Waals surface area contributed by atoms with Gasteiger partial charge in [-0.2, -0.15) is 0 Å². The number of likely N-dealkylation sites (tertiary alicyclic amines) is 1. The van der Waals surface area contributed by atoms with Gasteiger partial charge in [0.1, 0.15) is 0 Å². The number of hydrogen-bond donors (Lipinski definition) is 1. The zero-order valence-electron chi connectivity index (χ0n) is 14.9. The fourth-order valence-electron chi connectivity index (χ4n) is 3.43. The van der Waals surface area contributed by atoms with Gasteiger partial charge in [0.15, 0.2) is 0 Å². The Balaban J connectivity index is 1.62. The highest BCUT2D eigenvalue weighted by atomic mass is 79.9. The number of amides is 1. The van der Waals surface area contributed by atoms with Crippen LogP contribution in [0.2, 0.25) is 0 Å². The van der Waals surface area contributed by atoms with Crippen LogP contribution in [0.4, 0.5) is 5.69 Å². The van der Waals surface area contributed by atoms with Gasteiger partial charge in [0.2, 0.25) is 5.91 Å². The van der Waals surface area contributed by atoms with E-state index in [0.29, 0.717) is 0 Å². The van der Waals surface area contributed by atoms with Crippen molar-refractivity contribution < 1.29 is 4.79 Å². The molecule has 2 aromatic rings. The predicted molar refractivity (Wildman–Crippen MR) is 107 cm³/mol. The molecule has 132 valence electrons. The monoisotopic (exact) mass is 400 g/mol. The molecule has 1 N–H and O–H groups in total. The molecule has 1 fully saturated rings. The number of piperidine rings is 1. The molecule has 2 aromatic carbocycles. The van der Waals surface area contributed by atoms with Crippen LogP contribution in [0.25, 0.3) is 0 Å². The molecule has 4 heteroatoms. The summed E-state index contributed by atoms with van der Waals surface area (Å²) in [7, 11) is 0. The largest absolute Gasteiger partial charge is 0.326 e. The Morgan fingerprint density at radius 1 is 1.24 bits per heavy atom. The maximum atomic E-state index is 12.7. The number of nitrogens with zero attached hydrogens (tertiary/aromatic N) is 1. The standard InChI is InChI=1S/C21H25BrN2O/c1-15-6-3-10-20(16(15)2)23-21(25)18-8-5-11-24(14-18)13-17-7-4-9-19(22)12-17/h3-4,6-7,9-10,12,18H,5,8,11,13-14H2,1-2H3,(H,23,25). The van der Waals surface area contributed by atoms with Crippen LogP contribution in [0.5, 0.6) is 0 Å². The molecule has 1 aliphatic heterocycles. The molecule has 1 saturated heterocycles. The lowest BCUT2D eigenvalue weighted by molar-refractivity contribution is -0.121. The zero-order valence-corrected chi connectivity index (χ0v) is 16.5. The van der Waals surface area contributed by atoms with Gasteiger partial charge in [0, 0.05) is 23.2 Å². The SMILES string of the molecule is Cc1cccc(NC(=O)C2CCCN(Cc3cccc(Br)c3)C2)c1C. The summed E-state index contributed by atoms with van der Waals surface area (Å²) in [4.78, 5) is 15.1. The molecule has 0 saturated carbocycles. The highest BCUT2D eigenvalue weighted by molar-refractivity contribution is 9.10. The smallest absolute Gasteiger partial charge is 0.228 e. The van der Waals surface area contributed by atoms with Crippen LogP contribution in [0.15, 0.2) is 46.9 Å². The average molecular weight is 401 g/mol. The van der Waals surface area contributed by atoms with Crippen molar-refractivity contribution in [3.8, 4) is 0 Å². The number of hydrogen-bond acceptors (Lipinski definition) is 2. The predicted octanol–water partition coefficient (Wildman–Crippen LogP) is 4.92. The van der Waals surface area contributed by atoms with E-state index in [1.54, 1.807) is 0 Å². The van der Waals surface area contributed by atoms with E-state index >= 15 is 0 Å². The fraction of sp³-hybridized carbons (Fsp3) is 0.381. The molecule has 0 aliphatic carbocycles. The molecule has 0 spiro atoms. The first-order valence-corrected chi connectivity index (χ1v) is 9.66. The molecule has 0 aromatic heterocycles. The van der Waals surface area contributed by atoms with Crippen molar-refractivity contribution >= 4 is 27.5 Å². The number of halogens is 1. The molecule has 1 heterocycles. The summed E-state index contributed by atoms with van der Waals surface area (Å²) in [5, 5.41) is 3.14. The van der Waals surface area contributed by atoms with Crippen molar-refractivity contribution in [1.82, 2.24) is 4.90 Å². The topological polar surface area (TPSA) is 32.3 Å². The number of rotatable bonds is 4. The lowest BCUT2D eigenvalue weighted by atomic mass is 9.96. The highest BCUT2D eigenvalue weighted by Crippen LogP contribution is 2.23. The van der Waals surface area contributed by atoms with E-state index in [2.05, 4.69) is 64.3 Å². The Morgan fingerprint density at radius 2 is 2.04 bits per heavy atom. The lowest BCUT2D eigenvalue weighted by Gasteiger charge is -2.32. The molecule has 3 nitrogen and oxygen atoms in total. The highest BCUT2D eigenvalue weighted by Gasteiger charge is 2.26. The van der Waals surface area contributed by atoms with E-state index in [9.17, 15) is 4.79 Å². The van der Waals surface area contributed by atoms with Crippen LogP contribution in [-0.2, 0) is 11.3 Å². The van der Waals surface area contributed by atoms with E-state index in [1.807, 2.05) is 18.2 Å². The Hall–Kier alpha value is -1.65. The van der Waals surface area contributed by atoms with Crippen molar-refractivity contribution in [2.75, 3.05) is 18.4 Å². The summed E-state index contributed by atoms with van der Waals surface area (Å²) in [5.41, 5.74) is 4.58. The molecule has 0 radical (unpaired) electrons. The number of anilines is 1. The third kappa shape index (κ3) is 4.71. The molecule has 1 aliphatic rings. The molecule has 25 heavy (non-hydrogen) atoms. The van der Waals surface area contributed by atoms with Gasteiger partial charge in [0.25, 0.3) is 0 Å². The molecular weight excluding hydrogens is 376 g/mol. The van der Waals surface area contributed by atoms with E-state index in [0.717, 1.165) is 48.2 Å². The normalized spacial score (nSPS) is 18.1. The van der Waals surface area contributed by atoms with E-state index in [1.165, 1.54) is 11.1 Å². The fourth-order valence-corrected chi connectivity index (χ4v) is 3.87. The minimum atomic E-state index is 0.0563. The third-order valence-electron chi connectivity index (χ3n) is 5.03. The summed E-state index contributed by atoms with van der Waals surface area (Å²) in [6.45, 7) is 6.91. The van der Waals surface area contributed by atoms with Crippen molar-refractivity contribution in [3.05, 3.63) is 63.6 Å². The Labute approximate surface area is 158 Å². The lowest BCUT2D eigenvalue weighted by Crippen LogP contribution is -2.40. The second-order valence-electron chi connectivity index (χ2n) is 6.94. The van der Waals surface area contributed by atoms with Gasteiger partial charge in [-0.25, -0.2) is 0 Å². The summed E-state index contributed by atoms with van der Waals surface area (Å²) >= 11 is 3.53. The first-order chi connectivity index (χ1) is 12.0. The molecule has 1 unspecified atom stereocenters. The molecule has 3 rings (SSSR count). The van der Waals surface area contributed by atoms with E-state index in [4.69, 9.17) is 0 Å². The minimum absolute atomic E-state index is 0.0563. The first kappa shape index (κ1) is 18.2. The van der Waals surface area contributed by atoms with Crippen molar-refractivity contribution in [1.29, 1.82) is 0 Å². The van der Waals surface area contributed by atoms with Crippen LogP contribution in [0.1, 0.15) is 29.5 Å². The van der Waals surface area contributed by atoms with Gasteiger partial charge >= 0.3 is 0 Å². The zero-order chi connectivity index (χ0) is 17.8. The van der Waals surface area contributed by atoms with Gasteiger partial charge in [-0.3, -0.25) is 9.69 Å². The number of benzene rings is 2. The van der Waals surface area contributed by atoms with Crippen molar-refractivity contribution in [3.63, 3.8) is 0 Å². The van der Waals surface area contributed by atoms with Crippen LogP contribution < -0.4 is 5.32 Å². The van der Waals surface area contributed by atoms with Crippen LogP contribution in [0, 0.1) is 19.8 Å². The quantitative estimate of drug-likeness (QED) is 0.789. The Morgan fingerprint density at radius 3 is 2.84 bits per heavy atom. The van der Waals surface area contributed by atoms with E-state index < -0.39 is 0 Å². The summed E-state index contributed by atoms with van der Waals surface area (Å²) < 4.78 is 1.10. The number of aryl methyl sites for hydroxylation is 1. The summed E-state index contributed by atoms with van der Waals surface area (Å²) in [5.74, 6) is 0.202. The maximum absolute atomic E-state index is 12.7. The first-order valence-electron chi connectivity index (χ1n) is 8.87. The number of carbonyl (C=O) groups excluding carboxylic acids is 1. The van der Waals surface area contributed by atoms with E-state index in [-0.39, 0.29) is 11.8 Å². The van der Waals surface area contributed by atoms with Gasteiger partial charge in [0.05, 0.1) is 5.92 Å². The molecule has 0 bridgehead atoms. The van der Waals surface area contributed by atoms with Crippen LogP contribution in [-0.4, -0.2) is 23.9 Å². The molecular formula is C21H25BrN2O. The van der Waals surface area contributed by atoms with Crippen molar-refractivity contribution in [2.24, 2.45) is 5.92 Å². The van der Waals surface area contributed by atoms with Gasteiger partial charge in [-0.05, 0) is 68.1 Å². The van der Waals surface area contributed by atoms with Crippen LogP contribution in [0.3, 0.4) is 0 Å². The van der Waals surface area contributed by atoms with Crippen LogP contribution >= 0.6 is 15.9 Å². The second kappa shape index (κ2) is 8.15. The summed E-state index contributed by atoms with van der Waals surface area (Å²) in [6.07, 6.45) is 2.03. The summed E-state index contributed by atoms with van der Waals surface area (Å²) in [6, 6.07) is 14.5. The Kier molecular flexibility index (Phi) is 5.92. The number of nitrogens with one attached hydrogen (secondary N) is 1. The Bertz CT molecular complexity index is 759. The van der Waals surface area contributed by atoms with Gasteiger partial charge < -0.3 is 5.32 Å². The van der Waals surface area contributed by atoms with Crippen molar-refractivity contribution in [2.45, 2.75) is 33.2 Å². The molecule has 1 amide bonds. The second-order valence-corrected chi connectivity index (χ2v) is 7.86. The number of carbonyl (C=O) groups is 1. The molecule has 1 atom stereocenters. The van der Waals surface area contributed by atoms with Gasteiger partial charge in [-0.1, -0.05) is 40.2 Å². The minimum Gasteiger partial charge on any atom is -0.326 e.